The lowest BCUT2D eigenvalue weighted by Gasteiger charge is -1.98. The van der Waals surface area contributed by atoms with Gasteiger partial charge in [-0.2, -0.15) is 0 Å². The molecule has 1 aliphatic rings. The molecule has 4 N–H and O–H groups in total. The lowest BCUT2D eigenvalue weighted by Crippen LogP contribution is -1.99. The first-order valence-electron chi connectivity index (χ1n) is 10.0. The Morgan fingerprint density at radius 3 is 1.62 bits per heavy atom. The number of hydrogen-bond donors (Lipinski definition) is 4. The van der Waals surface area contributed by atoms with E-state index in [0.717, 1.165) is 32.1 Å². The smallest absolute Gasteiger partial charge is 0.306 e. The van der Waals surface area contributed by atoms with Gasteiger partial charge in [-0.15, -0.1) is 0 Å². The number of unbranched alkanes of at least 4 members (excludes halogenated alkanes) is 2. The van der Waals surface area contributed by atoms with Gasteiger partial charge >= 0.3 is 5.97 Å². The van der Waals surface area contributed by atoms with Gasteiger partial charge in [0.05, 0.1) is 18.3 Å². The largest absolute Gasteiger partial charge is 0.463 e. The lowest BCUT2D eigenvalue weighted by atomic mass is 10.2. The van der Waals surface area contributed by atoms with Gasteiger partial charge in [0.15, 0.2) is 0 Å². The summed E-state index contributed by atoms with van der Waals surface area (Å²) < 4.78 is 4.72. The summed E-state index contributed by atoms with van der Waals surface area (Å²) in [4.78, 5) is 10.2. The van der Waals surface area contributed by atoms with E-state index in [1.165, 1.54) is 6.42 Å². The molecule has 0 aliphatic carbocycles. The van der Waals surface area contributed by atoms with Crippen LogP contribution in [0.1, 0.15) is 92.4 Å². The third-order valence-corrected chi connectivity index (χ3v) is 3.34. The van der Waals surface area contributed by atoms with Crippen molar-refractivity contribution in [2.75, 3.05) is 13.2 Å². The second-order valence-corrected chi connectivity index (χ2v) is 6.62. The minimum Gasteiger partial charge on any atom is -0.463 e. The number of aliphatic hydroxyl groups is 4. The maximum Gasteiger partial charge on any atom is 0.306 e. The number of rotatable bonds is 8. The van der Waals surface area contributed by atoms with Crippen LogP contribution in [0.5, 0.6) is 0 Å². The summed E-state index contributed by atoms with van der Waals surface area (Å²) >= 11 is 0. The van der Waals surface area contributed by atoms with Crippen LogP contribution < -0.4 is 0 Å². The summed E-state index contributed by atoms with van der Waals surface area (Å²) in [6, 6.07) is 0. The van der Waals surface area contributed by atoms with Crippen LogP contribution >= 0.6 is 0 Å². The van der Waals surface area contributed by atoms with Crippen molar-refractivity contribution in [1.29, 1.82) is 0 Å². The van der Waals surface area contributed by atoms with Crippen LogP contribution in [-0.2, 0) is 9.53 Å². The SMILES string of the molecule is CC(O)CCCO.CC1CCC(=O)O1.CCCC(C)O.CCCCCO. The fourth-order valence-corrected chi connectivity index (χ4v) is 1.83. The Balaban J connectivity index is -0.000000272. The highest BCUT2D eigenvalue weighted by molar-refractivity contribution is 5.71. The predicted molar refractivity (Wildman–Crippen MR) is 106 cm³/mol. The molecule has 3 unspecified atom stereocenters. The van der Waals surface area contributed by atoms with Crippen LogP contribution in [0.3, 0.4) is 0 Å². The van der Waals surface area contributed by atoms with E-state index < -0.39 is 0 Å². The van der Waals surface area contributed by atoms with Crippen LogP contribution in [0.2, 0.25) is 0 Å². The minimum absolute atomic E-state index is 0.0486. The molecule has 0 aromatic carbocycles. The Labute approximate surface area is 160 Å². The highest BCUT2D eigenvalue weighted by Crippen LogP contribution is 2.11. The molecular formula is C20H44O6. The molecule has 1 aliphatic heterocycles. The molecule has 160 valence electrons. The van der Waals surface area contributed by atoms with Crippen LogP contribution in [0.15, 0.2) is 0 Å². The summed E-state index contributed by atoms with van der Waals surface area (Å²) in [6.45, 7) is 10.2. The van der Waals surface area contributed by atoms with E-state index in [9.17, 15) is 4.79 Å². The first-order valence-corrected chi connectivity index (χ1v) is 10.0. The Bertz CT molecular complexity index is 265. The summed E-state index contributed by atoms with van der Waals surface area (Å²) in [6.07, 6.45) is 8.08. The topological polar surface area (TPSA) is 107 Å². The molecule has 0 aromatic rings. The van der Waals surface area contributed by atoms with Crippen LogP contribution in [-0.4, -0.2) is 57.9 Å². The van der Waals surface area contributed by atoms with Gasteiger partial charge in [0.1, 0.15) is 0 Å². The summed E-state index contributed by atoms with van der Waals surface area (Å²) in [7, 11) is 0. The van der Waals surface area contributed by atoms with Crippen molar-refractivity contribution in [3.63, 3.8) is 0 Å². The number of esters is 1. The zero-order valence-electron chi connectivity index (χ0n) is 17.6. The summed E-state index contributed by atoms with van der Waals surface area (Å²) in [5, 5.41) is 33.5. The zero-order chi connectivity index (χ0) is 20.8. The Kier molecular flexibility index (Phi) is 28.1. The Morgan fingerprint density at radius 2 is 1.50 bits per heavy atom. The molecule has 1 rings (SSSR count). The van der Waals surface area contributed by atoms with Crippen molar-refractivity contribution in [2.24, 2.45) is 0 Å². The molecule has 26 heavy (non-hydrogen) atoms. The fourth-order valence-electron chi connectivity index (χ4n) is 1.83. The van der Waals surface area contributed by atoms with Crippen molar-refractivity contribution in [2.45, 2.75) is 111 Å². The van der Waals surface area contributed by atoms with Crippen LogP contribution in [0.4, 0.5) is 0 Å². The number of carbonyl (C=O) groups excluding carboxylic acids is 1. The maximum absolute atomic E-state index is 10.2. The molecule has 1 fully saturated rings. The molecule has 1 heterocycles. The van der Waals surface area contributed by atoms with E-state index in [1.54, 1.807) is 6.92 Å². The highest BCUT2D eigenvalue weighted by atomic mass is 16.5. The Morgan fingerprint density at radius 1 is 0.962 bits per heavy atom. The maximum atomic E-state index is 10.2. The zero-order valence-corrected chi connectivity index (χ0v) is 17.6. The van der Waals surface area contributed by atoms with E-state index in [2.05, 4.69) is 13.8 Å². The molecule has 1 saturated heterocycles. The first kappa shape index (κ1) is 30.1. The van der Waals surface area contributed by atoms with Gasteiger partial charge in [0.25, 0.3) is 0 Å². The number of carbonyl (C=O) groups is 1. The molecule has 6 nitrogen and oxygen atoms in total. The molecule has 0 spiro atoms. The van der Waals surface area contributed by atoms with Gasteiger partial charge in [0, 0.05) is 19.6 Å². The van der Waals surface area contributed by atoms with Gasteiger partial charge in [-0.05, 0) is 52.9 Å². The lowest BCUT2D eigenvalue weighted by molar-refractivity contribution is -0.140. The number of ether oxygens (including phenoxy) is 1. The predicted octanol–water partition coefficient (Wildman–Crippen LogP) is 3.19. The number of aliphatic hydroxyl groups excluding tert-OH is 4. The normalized spacial score (nSPS) is 17.4. The van der Waals surface area contributed by atoms with Crippen molar-refractivity contribution in [1.82, 2.24) is 0 Å². The second-order valence-electron chi connectivity index (χ2n) is 6.62. The van der Waals surface area contributed by atoms with Crippen molar-refractivity contribution < 1.29 is 30.0 Å². The summed E-state index contributed by atoms with van der Waals surface area (Å²) in [5.41, 5.74) is 0. The fraction of sp³-hybridized carbons (Fsp3) is 0.950. The third-order valence-electron chi connectivity index (χ3n) is 3.34. The summed E-state index contributed by atoms with van der Waals surface area (Å²) in [5.74, 6) is -0.0486. The molecule has 0 aromatic heterocycles. The highest BCUT2D eigenvalue weighted by Gasteiger charge is 2.17. The third kappa shape index (κ3) is 34.6. The average Bonchev–Trinajstić information content (AvgIpc) is 2.95. The van der Waals surface area contributed by atoms with E-state index in [1.807, 2.05) is 13.8 Å². The number of hydrogen-bond acceptors (Lipinski definition) is 6. The van der Waals surface area contributed by atoms with E-state index in [4.69, 9.17) is 25.2 Å². The van der Waals surface area contributed by atoms with Gasteiger partial charge in [-0.1, -0.05) is 33.1 Å². The van der Waals surface area contributed by atoms with Crippen molar-refractivity contribution in [3.8, 4) is 0 Å². The molecule has 0 bridgehead atoms. The van der Waals surface area contributed by atoms with Gasteiger partial charge in [0.2, 0.25) is 0 Å². The molecule has 0 amide bonds. The standard InChI is InChI=1S/C5H8O2.C5H12O2.2C5H12O/c1-4-2-3-5(6)7-4;1-5(7)3-2-4-6;1-3-4-5(2)6;1-2-3-4-5-6/h4H,2-3H2,1H3;5-7H,2-4H2,1H3;5-6H,3-4H2,1-2H3;6H,2-5H2,1H3. The van der Waals surface area contributed by atoms with Crippen molar-refractivity contribution >= 4 is 5.97 Å². The van der Waals surface area contributed by atoms with Gasteiger partial charge in [-0.3, -0.25) is 4.79 Å². The van der Waals surface area contributed by atoms with E-state index in [-0.39, 0.29) is 30.9 Å². The van der Waals surface area contributed by atoms with Crippen molar-refractivity contribution in [3.05, 3.63) is 0 Å². The monoisotopic (exact) mass is 380 g/mol. The van der Waals surface area contributed by atoms with Crippen LogP contribution in [0, 0.1) is 0 Å². The Hall–Kier alpha value is -0.690. The number of cyclic esters (lactones) is 1. The van der Waals surface area contributed by atoms with E-state index >= 15 is 0 Å². The molecular weight excluding hydrogens is 336 g/mol. The minimum atomic E-state index is -0.257. The first-order chi connectivity index (χ1) is 12.2. The van der Waals surface area contributed by atoms with Crippen LogP contribution in [0.25, 0.3) is 0 Å². The van der Waals surface area contributed by atoms with Gasteiger partial charge in [-0.25, -0.2) is 0 Å². The second kappa shape index (κ2) is 24.3. The van der Waals surface area contributed by atoms with Gasteiger partial charge < -0.3 is 25.2 Å². The van der Waals surface area contributed by atoms with E-state index in [0.29, 0.717) is 25.9 Å². The average molecular weight is 381 g/mol. The molecule has 6 heteroatoms. The molecule has 0 saturated carbocycles. The quantitative estimate of drug-likeness (QED) is 0.380. The molecule has 3 atom stereocenters. The molecule has 0 radical (unpaired) electrons.